The highest BCUT2D eigenvalue weighted by atomic mass is 127. The van der Waals surface area contributed by atoms with Crippen LogP contribution in [-0.4, -0.2) is 4.43 Å². The number of hydrogen-bond acceptors (Lipinski definition) is 0. The van der Waals surface area contributed by atoms with E-state index in [9.17, 15) is 0 Å². The monoisotopic (exact) mass is 196 g/mol. The lowest BCUT2D eigenvalue weighted by atomic mass is 10.2. The molecule has 0 bridgehead atoms. The Bertz CT molecular complexity index is 41.2. The Hall–Kier alpha value is 0.470. The molecular formula is C5H9I. The lowest BCUT2D eigenvalue weighted by Gasteiger charge is -1.92. The van der Waals surface area contributed by atoms with Crippen LogP contribution in [0.15, 0.2) is 12.7 Å². The lowest BCUT2D eigenvalue weighted by Crippen LogP contribution is -1.85. The summed E-state index contributed by atoms with van der Waals surface area (Å²) in [6, 6.07) is 0. The van der Waals surface area contributed by atoms with Crippen LogP contribution in [0.1, 0.15) is 6.92 Å². The summed E-state index contributed by atoms with van der Waals surface area (Å²) in [6.45, 7) is 5.78. The van der Waals surface area contributed by atoms with E-state index in [0.717, 1.165) is 0 Å². The number of hydrogen-bond donors (Lipinski definition) is 0. The average Bonchev–Trinajstić information content (AvgIpc) is 1.65. The quantitative estimate of drug-likeness (QED) is 0.361. The van der Waals surface area contributed by atoms with E-state index in [1.165, 1.54) is 4.43 Å². The minimum atomic E-state index is 0.686. The molecule has 0 nitrogen and oxygen atoms in total. The molecule has 0 amide bonds. The molecule has 36 valence electrons. The molecule has 0 aliphatic carbocycles. The van der Waals surface area contributed by atoms with Crippen molar-refractivity contribution >= 4 is 22.6 Å². The number of allylic oxidation sites excluding steroid dienone is 1. The maximum Gasteiger partial charge on any atom is 0.00555 e. The fourth-order valence-corrected chi connectivity index (χ4v) is 0.423. The molecule has 0 spiro atoms. The van der Waals surface area contributed by atoms with E-state index >= 15 is 0 Å². The van der Waals surface area contributed by atoms with Gasteiger partial charge in [-0.2, -0.15) is 0 Å². The van der Waals surface area contributed by atoms with E-state index in [1.54, 1.807) is 0 Å². The van der Waals surface area contributed by atoms with Crippen molar-refractivity contribution in [1.82, 2.24) is 0 Å². The Kier molecular flexibility index (Phi) is 3.94. The molecule has 0 aromatic heterocycles. The number of rotatable bonds is 2. The van der Waals surface area contributed by atoms with E-state index < -0.39 is 0 Å². The van der Waals surface area contributed by atoms with Crippen LogP contribution in [0.2, 0.25) is 0 Å². The van der Waals surface area contributed by atoms with Crippen molar-refractivity contribution in [2.45, 2.75) is 6.92 Å². The van der Waals surface area contributed by atoms with E-state index in [4.69, 9.17) is 0 Å². The van der Waals surface area contributed by atoms with Gasteiger partial charge in [0.05, 0.1) is 0 Å². The Morgan fingerprint density at radius 2 is 2.50 bits per heavy atom. The third kappa shape index (κ3) is 2.69. The van der Waals surface area contributed by atoms with Crippen LogP contribution in [0, 0.1) is 5.92 Å². The first-order valence-electron chi connectivity index (χ1n) is 1.99. The molecule has 0 aromatic carbocycles. The Morgan fingerprint density at radius 1 is 2.00 bits per heavy atom. The summed E-state index contributed by atoms with van der Waals surface area (Å²) in [4.78, 5) is 0. The molecule has 0 aliphatic rings. The molecule has 0 heterocycles. The van der Waals surface area contributed by atoms with Gasteiger partial charge in [0, 0.05) is 4.43 Å². The molecule has 1 heteroatoms. The first-order chi connectivity index (χ1) is 2.81. The van der Waals surface area contributed by atoms with Gasteiger partial charge in [-0.1, -0.05) is 35.6 Å². The molecule has 0 saturated heterocycles. The van der Waals surface area contributed by atoms with Crippen LogP contribution in [0.4, 0.5) is 0 Å². The zero-order valence-electron chi connectivity index (χ0n) is 3.95. The minimum absolute atomic E-state index is 0.686. The van der Waals surface area contributed by atoms with Crippen LogP contribution in [0.3, 0.4) is 0 Å². The second-order valence-electron chi connectivity index (χ2n) is 1.37. The molecule has 0 rings (SSSR count). The fraction of sp³-hybridized carbons (Fsp3) is 0.600. The average molecular weight is 196 g/mol. The predicted octanol–water partition coefficient (Wildman–Crippen LogP) is 2.24. The van der Waals surface area contributed by atoms with Gasteiger partial charge in [0.2, 0.25) is 0 Å². The third-order valence-electron chi connectivity index (χ3n) is 0.646. The Morgan fingerprint density at radius 3 is 2.50 bits per heavy atom. The van der Waals surface area contributed by atoms with Gasteiger partial charge in [-0.05, 0) is 5.92 Å². The maximum absolute atomic E-state index is 3.63. The van der Waals surface area contributed by atoms with E-state index in [-0.39, 0.29) is 0 Å². The van der Waals surface area contributed by atoms with Crippen LogP contribution < -0.4 is 0 Å². The van der Waals surface area contributed by atoms with Gasteiger partial charge >= 0.3 is 0 Å². The highest BCUT2D eigenvalue weighted by Gasteiger charge is 1.85. The van der Waals surface area contributed by atoms with Crippen LogP contribution in [0.5, 0.6) is 0 Å². The Labute approximate surface area is 52.8 Å². The van der Waals surface area contributed by atoms with Gasteiger partial charge in [0.25, 0.3) is 0 Å². The molecule has 0 aliphatic heterocycles. The zero-order chi connectivity index (χ0) is 4.99. The van der Waals surface area contributed by atoms with E-state index in [2.05, 4.69) is 36.1 Å². The standard InChI is InChI=1S/C5H9I/c1-3-5(2)4-6/h3,5H,1,4H2,2H3. The van der Waals surface area contributed by atoms with Gasteiger partial charge in [0.15, 0.2) is 0 Å². The number of halogens is 1. The summed E-state index contributed by atoms with van der Waals surface area (Å²) in [6.07, 6.45) is 1.96. The minimum Gasteiger partial charge on any atom is -0.103 e. The maximum atomic E-state index is 3.63. The second-order valence-corrected chi connectivity index (χ2v) is 2.25. The van der Waals surface area contributed by atoms with Crippen molar-refractivity contribution in [3.63, 3.8) is 0 Å². The normalized spacial score (nSPS) is 13.7. The molecule has 1 atom stereocenters. The summed E-state index contributed by atoms with van der Waals surface area (Å²) in [7, 11) is 0. The van der Waals surface area contributed by atoms with Crippen LogP contribution in [0.25, 0.3) is 0 Å². The zero-order valence-corrected chi connectivity index (χ0v) is 6.10. The summed E-state index contributed by atoms with van der Waals surface area (Å²) in [5.41, 5.74) is 0. The topological polar surface area (TPSA) is 0 Å². The molecule has 0 N–H and O–H groups in total. The highest BCUT2D eigenvalue weighted by molar-refractivity contribution is 14.1. The van der Waals surface area contributed by atoms with Crippen molar-refractivity contribution in [3.8, 4) is 0 Å². The van der Waals surface area contributed by atoms with Crippen LogP contribution >= 0.6 is 22.6 Å². The fourth-order valence-electron chi connectivity index (χ4n) is 0.0630. The van der Waals surface area contributed by atoms with Gasteiger partial charge in [-0.15, -0.1) is 6.58 Å². The van der Waals surface area contributed by atoms with Gasteiger partial charge in [-0.25, -0.2) is 0 Å². The lowest BCUT2D eigenvalue weighted by molar-refractivity contribution is 0.865. The van der Waals surface area contributed by atoms with E-state index in [0.29, 0.717) is 5.92 Å². The predicted molar refractivity (Wildman–Crippen MR) is 38.2 cm³/mol. The molecular weight excluding hydrogens is 187 g/mol. The van der Waals surface area contributed by atoms with E-state index in [1.807, 2.05) is 6.08 Å². The van der Waals surface area contributed by atoms with Crippen molar-refractivity contribution in [2.75, 3.05) is 4.43 Å². The molecule has 0 saturated carbocycles. The van der Waals surface area contributed by atoms with Crippen LogP contribution in [-0.2, 0) is 0 Å². The molecule has 1 unspecified atom stereocenters. The summed E-state index contributed by atoms with van der Waals surface area (Å²) < 4.78 is 1.18. The van der Waals surface area contributed by atoms with Crippen molar-refractivity contribution in [2.24, 2.45) is 5.92 Å². The summed E-state index contributed by atoms with van der Waals surface area (Å²) in [5.74, 6) is 0.686. The highest BCUT2D eigenvalue weighted by Crippen LogP contribution is 1.98. The smallest absolute Gasteiger partial charge is 0.00555 e. The second kappa shape index (κ2) is 3.65. The first kappa shape index (κ1) is 6.47. The van der Waals surface area contributed by atoms with Crippen molar-refractivity contribution < 1.29 is 0 Å². The van der Waals surface area contributed by atoms with Crippen molar-refractivity contribution in [3.05, 3.63) is 12.7 Å². The summed E-state index contributed by atoms with van der Waals surface area (Å²) >= 11 is 2.34. The largest absolute Gasteiger partial charge is 0.103 e. The van der Waals surface area contributed by atoms with Gasteiger partial charge < -0.3 is 0 Å². The Balaban J connectivity index is 2.96. The molecule has 0 radical (unpaired) electrons. The summed E-state index contributed by atoms with van der Waals surface area (Å²) in [5, 5.41) is 0. The molecule has 0 fully saturated rings. The van der Waals surface area contributed by atoms with Gasteiger partial charge in [0.1, 0.15) is 0 Å². The number of alkyl halides is 1. The SMILES string of the molecule is C=CC(C)CI. The third-order valence-corrected chi connectivity index (χ3v) is 2.04. The van der Waals surface area contributed by atoms with Crippen molar-refractivity contribution in [1.29, 1.82) is 0 Å². The first-order valence-corrected chi connectivity index (χ1v) is 3.52. The van der Waals surface area contributed by atoms with Gasteiger partial charge in [-0.3, -0.25) is 0 Å². The molecule has 6 heavy (non-hydrogen) atoms. The molecule has 0 aromatic rings.